The van der Waals surface area contributed by atoms with E-state index in [1.807, 2.05) is 36.4 Å². The number of aromatic nitrogens is 1. The largest absolute Gasteiger partial charge is 0.462 e. The molecule has 0 radical (unpaired) electrons. The Balaban J connectivity index is 2.11. The molecule has 27 heavy (non-hydrogen) atoms. The predicted octanol–water partition coefficient (Wildman–Crippen LogP) is 3.07. The number of ether oxygens (including phenoxy) is 1. The average Bonchev–Trinajstić information content (AvgIpc) is 2.94. The maximum atomic E-state index is 12.3. The van der Waals surface area contributed by atoms with Crippen LogP contribution in [0.5, 0.6) is 0 Å². The molecule has 140 valence electrons. The highest BCUT2D eigenvalue weighted by atomic mass is 16.5. The first-order valence-electron chi connectivity index (χ1n) is 8.78. The fraction of sp³-hybridized carbons (Fsp3) is 0.286. The molecule has 0 spiro atoms. The van der Waals surface area contributed by atoms with E-state index in [0.29, 0.717) is 35.5 Å². The van der Waals surface area contributed by atoms with E-state index in [2.05, 4.69) is 10.3 Å². The quantitative estimate of drug-likeness (QED) is 0.448. The van der Waals surface area contributed by atoms with Crippen molar-refractivity contribution in [1.82, 2.24) is 10.3 Å². The van der Waals surface area contributed by atoms with Crippen molar-refractivity contribution in [3.05, 3.63) is 64.0 Å². The lowest BCUT2D eigenvalue weighted by Gasteiger charge is -2.05. The van der Waals surface area contributed by atoms with Gasteiger partial charge in [-0.2, -0.15) is 5.26 Å². The van der Waals surface area contributed by atoms with Crippen molar-refractivity contribution in [2.45, 2.75) is 27.2 Å². The van der Waals surface area contributed by atoms with Crippen molar-refractivity contribution in [3.63, 3.8) is 0 Å². The number of carbonyl (C=O) groups is 2. The Hall–Kier alpha value is -3.33. The number of hydrogen-bond acceptors (Lipinski definition) is 4. The highest BCUT2D eigenvalue weighted by Crippen LogP contribution is 2.21. The normalized spacial score (nSPS) is 11.0. The lowest BCUT2D eigenvalue weighted by molar-refractivity contribution is -0.117. The molecule has 6 heteroatoms. The topological polar surface area (TPSA) is 95.0 Å². The van der Waals surface area contributed by atoms with Gasteiger partial charge in [0, 0.05) is 17.9 Å². The number of amides is 1. The van der Waals surface area contributed by atoms with Crippen LogP contribution in [0.4, 0.5) is 0 Å². The molecule has 0 saturated carbocycles. The molecule has 2 rings (SSSR count). The minimum atomic E-state index is -0.447. The third-order valence-corrected chi connectivity index (χ3v) is 4.15. The summed E-state index contributed by atoms with van der Waals surface area (Å²) in [4.78, 5) is 27.4. The lowest BCUT2D eigenvalue weighted by atomic mass is 10.1. The van der Waals surface area contributed by atoms with Crippen molar-refractivity contribution in [3.8, 4) is 6.07 Å². The molecule has 0 aliphatic heterocycles. The first-order chi connectivity index (χ1) is 13.0. The van der Waals surface area contributed by atoms with E-state index < -0.39 is 11.9 Å². The van der Waals surface area contributed by atoms with Crippen LogP contribution in [0.2, 0.25) is 0 Å². The fourth-order valence-corrected chi connectivity index (χ4v) is 2.78. The summed E-state index contributed by atoms with van der Waals surface area (Å²) >= 11 is 0. The maximum absolute atomic E-state index is 12.3. The van der Waals surface area contributed by atoms with Gasteiger partial charge in [-0.1, -0.05) is 30.3 Å². The van der Waals surface area contributed by atoms with Crippen LogP contribution < -0.4 is 5.32 Å². The van der Waals surface area contributed by atoms with Gasteiger partial charge in [0.05, 0.1) is 12.2 Å². The van der Waals surface area contributed by atoms with Gasteiger partial charge in [0.2, 0.25) is 0 Å². The smallest absolute Gasteiger partial charge is 0.340 e. The molecule has 0 aliphatic rings. The number of nitrogens with zero attached hydrogens (tertiary/aromatic N) is 1. The van der Waals surface area contributed by atoms with Crippen LogP contribution in [0.1, 0.15) is 39.8 Å². The zero-order valence-corrected chi connectivity index (χ0v) is 15.8. The summed E-state index contributed by atoms with van der Waals surface area (Å²) in [5.41, 5.74) is 3.35. The third-order valence-electron chi connectivity index (χ3n) is 4.15. The first kappa shape index (κ1) is 20.0. The number of H-pyrrole nitrogens is 1. The number of carbonyl (C=O) groups excluding carboxylic acids is 2. The molecule has 1 aromatic heterocycles. The van der Waals surface area contributed by atoms with Gasteiger partial charge in [-0.05, 0) is 44.4 Å². The second kappa shape index (κ2) is 9.39. The van der Waals surface area contributed by atoms with E-state index in [1.165, 1.54) is 6.08 Å². The SMILES string of the molecule is CCOC(=O)c1c(C)[nH]c(/C=C(\C#N)C(=O)NCCc2ccccc2)c1C. The Morgan fingerprint density at radius 1 is 1.26 bits per heavy atom. The van der Waals surface area contributed by atoms with E-state index in [9.17, 15) is 14.9 Å². The lowest BCUT2D eigenvalue weighted by Crippen LogP contribution is -2.26. The molecule has 0 bridgehead atoms. The van der Waals surface area contributed by atoms with Crippen LogP contribution >= 0.6 is 0 Å². The van der Waals surface area contributed by atoms with Crippen LogP contribution in [0.25, 0.3) is 6.08 Å². The summed E-state index contributed by atoms with van der Waals surface area (Å²) in [5, 5.41) is 12.1. The minimum absolute atomic E-state index is 0.0252. The zero-order chi connectivity index (χ0) is 19.8. The Kier molecular flexibility index (Phi) is 6.95. The van der Waals surface area contributed by atoms with Gasteiger partial charge in [0.15, 0.2) is 0 Å². The van der Waals surface area contributed by atoms with Gasteiger partial charge in [-0.15, -0.1) is 0 Å². The van der Waals surface area contributed by atoms with E-state index in [1.54, 1.807) is 20.8 Å². The number of esters is 1. The Labute approximate surface area is 158 Å². The van der Waals surface area contributed by atoms with Crippen LogP contribution in [0.3, 0.4) is 0 Å². The average molecular weight is 365 g/mol. The minimum Gasteiger partial charge on any atom is -0.462 e. The van der Waals surface area contributed by atoms with Crippen molar-refractivity contribution < 1.29 is 14.3 Å². The highest BCUT2D eigenvalue weighted by Gasteiger charge is 2.19. The molecule has 0 aliphatic carbocycles. The number of benzene rings is 1. The monoisotopic (exact) mass is 365 g/mol. The summed E-state index contributed by atoms with van der Waals surface area (Å²) in [6.07, 6.45) is 2.14. The number of aromatic amines is 1. The van der Waals surface area contributed by atoms with Gasteiger partial charge < -0.3 is 15.0 Å². The predicted molar refractivity (Wildman–Crippen MR) is 103 cm³/mol. The Morgan fingerprint density at radius 2 is 1.96 bits per heavy atom. The molecular weight excluding hydrogens is 342 g/mol. The Morgan fingerprint density at radius 3 is 2.59 bits per heavy atom. The van der Waals surface area contributed by atoms with Crippen molar-refractivity contribution in [1.29, 1.82) is 5.26 Å². The van der Waals surface area contributed by atoms with E-state index in [0.717, 1.165) is 5.56 Å². The number of nitriles is 1. The number of nitrogens with one attached hydrogen (secondary N) is 2. The first-order valence-corrected chi connectivity index (χ1v) is 8.78. The molecule has 2 aromatic rings. The second-order valence-electron chi connectivity index (χ2n) is 6.05. The molecule has 1 heterocycles. The molecule has 0 saturated heterocycles. The van der Waals surface area contributed by atoms with Crippen molar-refractivity contribution in [2.24, 2.45) is 0 Å². The molecule has 6 nitrogen and oxygen atoms in total. The number of aryl methyl sites for hydroxylation is 1. The summed E-state index contributed by atoms with van der Waals surface area (Å²) in [6, 6.07) is 11.7. The number of hydrogen-bond donors (Lipinski definition) is 2. The molecule has 1 amide bonds. The van der Waals surface area contributed by atoms with Gasteiger partial charge in [-0.25, -0.2) is 4.79 Å². The van der Waals surface area contributed by atoms with E-state index in [4.69, 9.17) is 4.74 Å². The highest BCUT2D eigenvalue weighted by molar-refractivity contribution is 6.02. The van der Waals surface area contributed by atoms with Gasteiger partial charge in [0.1, 0.15) is 11.6 Å². The summed E-state index contributed by atoms with van der Waals surface area (Å²) in [7, 11) is 0. The van der Waals surface area contributed by atoms with Crippen LogP contribution in [0.15, 0.2) is 35.9 Å². The maximum Gasteiger partial charge on any atom is 0.340 e. The summed E-state index contributed by atoms with van der Waals surface area (Å²) < 4.78 is 5.05. The van der Waals surface area contributed by atoms with Crippen LogP contribution in [-0.2, 0) is 16.0 Å². The van der Waals surface area contributed by atoms with Gasteiger partial charge >= 0.3 is 5.97 Å². The molecular formula is C21H23N3O3. The van der Waals surface area contributed by atoms with Crippen molar-refractivity contribution >= 4 is 18.0 Å². The Bertz CT molecular complexity index is 889. The van der Waals surface area contributed by atoms with Crippen LogP contribution in [-0.4, -0.2) is 30.0 Å². The van der Waals surface area contributed by atoms with E-state index in [-0.39, 0.29) is 12.2 Å². The van der Waals surface area contributed by atoms with Crippen molar-refractivity contribution in [2.75, 3.05) is 13.2 Å². The summed E-state index contributed by atoms with van der Waals surface area (Å²) in [6.45, 7) is 5.95. The fourth-order valence-electron chi connectivity index (χ4n) is 2.78. The molecule has 0 atom stereocenters. The molecule has 2 N–H and O–H groups in total. The van der Waals surface area contributed by atoms with Crippen LogP contribution in [0, 0.1) is 25.2 Å². The van der Waals surface area contributed by atoms with Gasteiger partial charge in [-0.3, -0.25) is 4.79 Å². The molecule has 0 fully saturated rings. The summed E-state index contributed by atoms with van der Waals surface area (Å²) in [5.74, 6) is -0.869. The molecule has 1 aromatic carbocycles. The van der Waals surface area contributed by atoms with Gasteiger partial charge in [0.25, 0.3) is 5.91 Å². The third kappa shape index (κ3) is 5.08. The standard InChI is InChI=1S/C21H23N3O3/c1-4-27-21(26)19-14(2)18(24-15(19)3)12-17(13-22)20(25)23-11-10-16-8-6-5-7-9-16/h5-9,12,24H,4,10-11H2,1-3H3,(H,23,25)/b17-12+. The molecule has 0 unspecified atom stereocenters. The van der Waals surface area contributed by atoms with E-state index >= 15 is 0 Å². The zero-order valence-electron chi connectivity index (χ0n) is 15.8. The second-order valence-corrected chi connectivity index (χ2v) is 6.05. The number of rotatable bonds is 7.